The summed E-state index contributed by atoms with van der Waals surface area (Å²) in [6, 6.07) is 0. The number of benzene rings is 9. The molecule has 2 unspecified atom stereocenters. The van der Waals surface area contributed by atoms with Gasteiger partial charge in [-0.2, -0.15) is 0 Å². The summed E-state index contributed by atoms with van der Waals surface area (Å²) in [7, 11) is 0. The molecule has 0 spiro atoms. The molecule has 34 heteroatoms. The van der Waals surface area contributed by atoms with Gasteiger partial charge in [-0.05, 0) is 94.3 Å². The Hall–Kier alpha value is -9.92. The highest BCUT2D eigenvalue weighted by Crippen LogP contribution is 2.56. The molecule has 9 aromatic carbocycles. The van der Waals surface area contributed by atoms with E-state index in [0.717, 1.165) is 41.5 Å². The van der Waals surface area contributed by atoms with Gasteiger partial charge in [-0.1, -0.05) is 0 Å². The second-order valence-corrected chi connectivity index (χ2v) is 22.7. The van der Waals surface area contributed by atoms with Crippen LogP contribution in [0, 0.1) is 229 Å². The maximum atomic E-state index is 18.2. The molecule has 0 fully saturated rings. The van der Waals surface area contributed by atoms with Crippen LogP contribution in [0.2, 0.25) is 0 Å². The van der Waals surface area contributed by atoms with Gasteiger partial charge in [0.25, 0.3) is 0 Å². The van der Waals surface area contributed by atoms with Crippen LogP contribution >= 0.6 is 0 Å². The molecule has 2 atom stereocenters. The molecule has 0 radical (unpaired) electrons. The van der Waals surface area contributed by atoms with Crippen molar-refractivity contribution in [1.29, 1.82) is 0 Å². The molecule has 0 saturated carbocycles. The van der Waals surface area contributed by atoms with Gasteiger partial charge in [0.1, 0.15) is 76.0 Å². The van der Waals surface area contributed by atoms with E-state index in [1.165, 1.54) is 0 Å². The molecule has 10 rings (SSSR count). The summed E-state index contributed by atoms with van der Waals surface area (Å²) in [5.41, 5.74) is -59.7. The summed E-state index contributed by atoms with van der Waals surface area (Å²) >= 11 is 0. The highest BCUT2D eigenvalue weighted by atomic mass is 19.2. The van der Waals surface area contributed by atoms with Crippen molar-refractivity contribution in [2.45, 2.75) is 67.5 Å². The number of hydrogen-bond acceptors (Lipinski definition) is 0. The van der Waals surface area contributed by atoms with Crippen molar-refractivity contribution >= 4 is 5.57 Å². The highest BCUT2D eigenvalue weighted by Gasteiger charge is 2.49. The number of rotatable bonds is 9. The summed E-state index contributed by atoms with van der Waals surface area (Å²) in [6.07, 6.45) is -4.35. The van der Waals surface area contributed by atoms with Crippen LogP contribution in [0.15, 0.2) is 17.2 Å². The minimum Gasteiger partial charge on any atom is -0.241 e. The molecule has 1 aliphatic carbocycles. The fourth-order valence-electron chi connectivity index (χ4n) is 11.9. The minimum atomic E-state index is -4.47. The minimum absolute atomic E-state index is 0.106. The quantitative estimate of drug-likeness (QED) is 0.0768. The van der Waals surface area contributed by atoms with Crippen molar-refractivity contribution in [1.82, 2.24) is 0 Å². The average Bonchev–Trinajstić information content (AvgIpc) is 0.705. The van der Waals surface area contributed by atoms with E-state index in [9.17, 15) is 22.0 Å². The predicted molar refractivity (Wildman–Crippen MR) is 292 cm³/mol. The third-order valence-corrected chi connectivity index (χ3v) is 17.7. The molecule has 536 valence electrons. The van der Waals surface area contributed by atoms with E-state index >= 15 is 127 Å². The predicted octanol–water partition coefficient (Wildman–Crippen LogP) is 23.9. The van der Waals surface area contributed by atoms with Crippen molar-refractivity contribution in [2.75, 3.05) is 0 Å². The van der Waals surface area contributed by atoms with Crippen LogP contribution < -0.4 is 0 Å². The molecular formula is C68H26F34. The van der Waals surface area contributed by atoms with Gasteiger partial charge in [-0.15, -0.1) is 0 Å². The Morgan fingerprint density at radius 2 is 0.343 bits per heavy atom. The zero-order valence-corrected chi connectivity index (χ0v) is 51.0. The van der Waals surface area contributed by atoms with Gasteiger partial charge in [-0.3, -0.25) is 0 Å². The van der Waals surface area contributed by atoms with Gasteiger partial charge in [0.05, 0.1) is 89.4 Å². The fraction of sp³-hybridized carbons (Fsp3) is 0.147. The molecule has 0 heterocycles. The first-order valence-electron chi connectivity index (χ1n) is 27.9. The maximum Gasteiger partial charge on any atom is 0.200 e. The van der Waals surface area contributed by atoms with E-state index in [1.807, 2.05) is 0 Å². The Labute approximate surface area is 546 Å². The number of alkyl halides is 1. The average molecular weight is 1490 g/mol. The maximum absolute atomic E-state index is 18.2. The van der Waals surface area contributed by atoms with Crippen LogP contribution in [0.3, 0.4) is 0 Å². The Balaban J connectivity index is 1.45. The SMILES string of the molecule is CC1=C(c2c(F)c(F)c(F)c(F)c2F)C(F)=C(F)C(c2c(F)c(-c3c(F)c(F)c(-c4c(F)c(C)c(C)c(C)c4F)c(F)c3F)c(F)c(-c3c(F)c(-c4c(F)c(F)c(-c5c(F)c(C)c(C)c(C)c5F)c(F)c4F)c(F)c(-c4c(F)c(F)c(-c5c(F)c(C)c(F)c(F)c5F)c(F)c4F)c3F)c2F)C1F. The van der Waals surface area contributed by atoms with Crippen LogP contribution in [0.1, 0.15) is 62.9 Å². The van der Waals surface area contributed by atoms with E-state index < -0.39 is 343 Å². The number of halogens is 34. The van der Waals surface area contributed by atoms with Gasteiger partial charge < -0.3 is 0 Å². The second-order valence-electron chi connectivity index (χ2n) is 22.7. The van der Waals surface area contributed by atoms with E-state index in [0.29, 0.717) is 0 Å². The van der Waals surface area contributed by atoms with Gasteiger partial charge in [0.2, 0.25) is 5.82 Å². The van der Waals surface area contributed by atoms with E-state index in [1.54, 1.807) is 0 Å². The first-order valence-corrected chi connectivity index (χ1v) is 27.9. The molecule has 9 aromatic rings. The zero-order valence-electron chi connectivity index (χ0n) is 51.0. The first kappa shape index (κ1) is 74.8. The first-order chi connectivity index (χ1) is 47.2. The normalized spacial score (nSPS) is 14.3. The highest BCUT2D eigenvalue weighted by molar-refractivity contribution is 5.90. The van der Waals surface area contributed by atoms with Crippen molar-refractivity contribution in [3.8, 4) is 77.9 Å². The van der Waals surface area contributed by atoms with Crippen LogP contribution in [-0.2, 0) is 0 Å². The standard InChI is InChI=1S/C68H26F34/c1-9-11(3)35(69)19(36(70)12(9)4)29-50(84)56(90)32(57(91)51(29)85)26-43(77)23(21-39(73)15(7)17(48(82)49(21)83)18-62(96)66(100)68(102)67(101)63(18)97)42(76)24(44(26)78)25-45(79)27(33-58(92)52(86)30(53(87)59(33)93)20-37(71)13(5)10(2)14(6)38(20)72)47(81)28(46(25)80)34-60(94)54(88)31(55(89)61(34)95)22-40(74)16(8)41(75)65(99)64(22)98/h21,39H,1-8H3. The summed E-state index contributed by atoms with van der Waals surface area (Å²) in [5, 5.41) is 0. The summed E-state index contributed by atoms with van der Waals surface area (Å²) < 4.78 is 558. The number of allylic oxidation sites excluding steroid dienone is 4. The molecule has 0 aromatic heterocycles. The third-order valence-electron chi connectivity index (χ3n) is 17.7. The molecule has 1 aliphatic rings. The molecule has 0 aliphatic heterocycles. The fourth-order valence-corrected chi connectivity index (χ4v) is 11.9. The topological polar surface area (TPSA) is 0 Å². The molecule has 0 amide bonds. The van der Waals surface area contributed by atoms with Crippen molar-refractivity contribution < 1.29 is 149 Å². The Kier molecular flexibility index (Phi) is 18.7. The number of hydrogen-bond donors (Lipinski definition) is 0. The lowest BCUT2D eigenvalue weighted by molar-refractivity contribution is 0.295. The molecular weight excluding hydrogens is 1460 g/mol. The monoisotopic (exact) mass is 1490 g/mol. The molecule has 0 bridgehead atoms. The van der Waals surface area contributed by atoms with Gasteiger partial charge >= 0.3 is 0 Å². The third kappa shape index (κ3) is 10.1. The van der Waals surface area contributed by atoms with Crippen LogP contribution in [0.5, 0.6) is 0 Å². The van der Waals surface area contributed by atoms with Gasteiger partial charge in [0, 0.05) is 16.7 Å². The van der Waals surface area contributed by atoms with Crippen molar-refractivity contribution in [2.24, 2.45) is 0 Å². The largest absolute Gasteiger partial charge is 0.241 e. The lowest BCUT2D eigenvalue weighted by Gasteiger charge is -2.30. The summed E-state index contributed by atoms with van der Waals surface area (Å²) in [4.78, 5) is 0. The van der Waals surface area contributed by atoms with E-state index in [2.05, 4.69) is 0 Å². The second kappa shape index (κ2) is 25.5. The lowest BCUT2D eigenvalue weighted by Crippen LogP contribution is -2.26. The summed E-state index contributed by atoms with van der Waals surface area (Å²) in [5.74, 6) is -112. The van der Waals surface area contributed by atoms with Crippen LogP contribution in [0.25, 0.3) is 83.5 Å². The smallest absolute Gasteiger partial charge is 0.200 e. The van der Waals surface area contributed by atoms with E-state index in [4.69, 9.17) is 0 Å². The Bertz CT molecular complexity index is 5060. The Morgan fingerprint density at radius 1 is 0.167 bits per heavy atom. The molecule has 102 heavy (non-hydrogen) atoms. The Morgan fingerprint density at radius 3 is 0.608 bits per heavy atom. The molecule has 0 N–H and O–H groups in total. The molecule has 0 saturated heterocycles. The van der Waals surface area contributed by atoms with Crippen molar-refractivity contribution in [3.63, 3.8) is 0 Å². The van der Waals surface area contributed by atoms with Crippen LogP contribution in [-0.4, -0.2) is 6.17 Å². The zero-order chi connectivity index (χ0) is 76.6. The van der Waals surface area contributed by atoms with Gasteiger partial charge in [0.15, 0.2) is 116 Å². The van der Waals surface area contributed by atoms with Crippen LogP contribution in [0.4, 0.5) is 149 Å². The lowest BCUT2D eigenvalue weighted by atomic mass is 9.77. The van der Waals surface area contributed by atoms with E-state index in [-0.39, 0.29) is 13.8 Å². The van der Waals surface area contributed by atoms with Crippen molar-refractivity contribution in [3.05, 3.63) is 248 Å². The van der Waals surface area contributed by atoms with Gasteiger partial charge in [-0.25, -0.2) is 149 Å². The summed E-state index contributed by atoms with van der Waals surface area (Å²) in [6.45, 7) is 4.87. The molecule has 0 nitrogen and oxygen atoms in total.